The molecule has 1 atom stereocenters. The van der Waals surface area contributed by atoms with Crippen molar-refractivity contribution in [3.63, 3.8) is 0 Å². The number of hydrogen-bond acceptors (Lipinski definition) is 7. The molecule has 2 N–H and O–H groups in total. The summed E-state index contributed by atoms with van der Waals surface area (Å²) in [6.45, 7) is 2.86. The number of hydrogen-bond donors (Lipinski definition) is 2. The number of carbonyl (C=O) groups is 3. The van der Waals surface area contributed by atoms with E-state index in [1.165, 1.54) is 36.5 Å². The molecule has 146 valence electrons. The first-order valence-corrected chi connectivity index (χ1v) is 10.5. The summed E-state index contributed by atoms with van der Waals surface area (Å²) in [5.41, 5.74) is 1.61. The zero-order chi connectivity index (χ0) is 20.3. The quantitative estimate of drug-likeness (QED) is 0.721. The van der Waals surface area contributed by atoms with Crippen LogP contribution < -0.4 is 10.6 Å². The standard InChI is InChI=1S/C19H19N3O4S2/c1-10(16(24)22-17-12(9-20)7-8-27-17)26-19(25)15-13-5-3-4-6-14(13)28-18(15)21-11(2)23/h7-8,10H,3-6H2,1-2H3,(H,21,23)(H,22,24). The number of nitriles is 1. The second-order valence-electron chi connectivity index (χ2n) is 6.41. The molecular formula is C19H19N3O4S2. The molecule has 0 radical (unpaired) electrons. The largest absolute Gasteiger partial charge is 0.449 e. The van der Waals surface area contributed by atoms with Gasteiger partial charge in [-0.15, -0.1) is 22.7 Å². The van der Waals surface area contributed by atoms with E-state index in [2.05, 4.69) is 10.6 Å². The molecule has 2 aromatic rings. The highest BCUT2D eigenvalue weighted by Gasteiger charge is 2.29. The molecule has 2 aromatic heterocycles. The third-order valence-electron chi connectivity index (χ3n) is 4.34. The maximum Gasteiger partial charge on any atom is 0.342 e. The number of nitrogens with zero attached hydrogens (tertiary/aromatic N) is 1. The van der Waals surface area contributed by atoms with Gasteiger partial charge in [0.1, 0.15) is 16.1 Å². The van der Waals surface area contributed by atoms with Gasteiger partial charge in [-0.3, -0.25) is 9.59 Å². The Kier molecular flexibility index (Phi) is 6.11. The van der Waals surface area contributed by atoms with Crippen molar-refractivity contribution in [2.45, 2.75) is 45.6 Å². The molecule has 0 saturated carbocycles. The highest BCUT2D eigenvalue weighted by atomic mass is 32.1. The maximum atomic E-state index is 12.8. The minimum atomic E-state index is -1.05. The Hall–Kier alpha value is -2.70. The van der Waals surface area contributed by atoms with Gasteiger partial charge in [0.2, 0.25) is 5.91 Å². The molecule has 0 saturated heterocycles. The molecule has 28 heavy (non-hydrogen) atoms. The maximum absolute atomic E-state index is 12.8. The van der Waals surface area contributed by atoms with Gasteiger partial charge in [0.05, 0.1) is 11.1 Å². The Labute approximate surface area is 170 Å². The molecule has 0 aliphatic heterocycles. The monoisotopic (exact) mass is 417 g/mol. The average molecular weight is 418 g/mol. The molecule has 0 fully saturated rings. The van der Waals surface area contributed by atoms with Crippen LogP contribution in [0.2, 0.25) is 0 Å². The highest BCUT2D eigenvalue weighted by molar-refractivity contribution is 7.17. The summed E-state index contributed by atoms with van der Waals surface area (Å²) in [4.78, 5) is 37.8. The van der Waals surface area contributed by atoms with Gasteiger partial charge < -0.3 is 15.4 Å². The smallest absolute Gasteiger partial charge is 0.342 e. The van der Waals surface area contributed by atoms with Crippen LogP contribution in [0.25, 0.3) is 0 Å². The second-order valence-corrected chi connectivity index (χ2v) is 8.43. The molecule has 1 aliphatic rings. The molecule has 7 nitrogen and oxygen atoms in total. The highest BCUT2D eigenvalue weighted by Crippen LogP contribution is 2.38. The number of thiophene rings is 2. The van der Waals surface area contributed by atoms with E-state index in [0.717, 1.165) is 36.1 Å². The van der Waals surface area contributed by atoms with Crippen molar-refractivity contribution in [2.24, 2.45) is 0 Å². The zero-order valence-electron chi connectivity index (χ0n) is 15.5. The van der Waals surface area contributed by atoms with Gasteiger partial charge in [-0.2, -0.15) is 5.26 Å². The summed E-state index contributed by atoms with van der Waals surface area (Å²) in [6.07, 6.45) is 2.57. The number of fused-ring (bicyclic) bond motifs is 1. The number of aryl methyl sites for hydroxylation is 1. The normalized spacial score (nSPS) is 13.8. The van der Waals surface area contributed by atoms with E-state index in [-0.39, 0.29) is 5.91 Å². The first kappa shape index (κ1) is 20.0. The summed E-state index contributed by atoms with van der Waals surface area (Å²) >= 11 is 2.62. The van der Waals surface area contributed by atoms with Crippen LogP contribution in [-0.4, -0.2) is 23.9 Å². The lowest BCUT2D eigenvalue weighted by molar-refractivity contribution is -0.123. The molecule has 1 unspecified atom stereocenters. The summed E-state index contributed by atoms with van der Waals surface area (Å²) in [5.74, 6) is -1.41. The van der Waals surface area contributed by atoms with Gasteiger partial charge in [0.25, 0.3) is 5.91 Å². The van der Waals surface area contributed by atoms with Gasteiger partial charge in [-0.25, -0.2) is 4.79 Å². The molecule has 0 aromatic carbocycles. The number of carbonyl (C=O) groups excluding carboxylic acids is 3. The number of ether oxygens (including phenoxy) is 1. The summed E-state index contributed by atoms with van der Waals surface area (Å²) in [6, 6.07) is 3.60. The van der Waals surface area contributed by atoms with Crippen molar-refractivity contribution in [1.29, 1.82) is 5.26 Å². The van der Waals surface area contributed by atoms with Crippen LogP contribution in [0.1, 0.15) is 53.1 Å². The van der Waals surface area contributed by atoms with E-state index in [1.54, 1.807) is 11.4 Å². The van der Waals surface area contributed by atoms with Gasteiger partial charge in [-0.1, -0.05) is 0 Å². The van der Waals surface area contributed by atoms with Crippen molar-refractivity contribution in [3.05, 3.63) is 33.0 Å². The minimum absolute atomic E-state index is 0.264. The average Bonchev–Trinajstić information content (AvgIpc) is 3.24. The van der Waals surface area contributed by atoms with Crippen molar-refractivity contribution >= 4 is 50.5 Å². The fourth-order valence-electron chi connectivity index (χ4n) is 3.01. The molecule has 3 rings (SSSR count). The van der Waals surface area contributed by atoms with Crippen LogP contribution >= 0.6 is 22.7 Å². The Balaban J connectivity index is 1.76. The molecule has 2 heterocycles. The zero-order valence-corrected chi connectivity index (χ0v) is 17.1. The third kappa shape index (κ3) is 4.24. The van der Waals surface area contributed by atoms with E-state index >= 15 is 0 Å². The Morgan fingerprint density at radius 2 is 1.96 bits per heavy atom. The summed E-state index contributed by atoms with van der Waals surface area (Å²) in [7, 11) is 0. The van der Waals surface area contributed by atoms with Gasteiger partial charge >= 0.3 is 5.97 Å². The SMILES string of the molecule is CC(=O)Nc1sc2c(c1C(=O)OC(C)C(=O)Nc1sccc1C#N)CCCC2. The minimum Gasteiger partial charge on any atom is -0.449 e. The van der Waals surface area contributed by atoms with Crippen molar-refractivity contribution in [2.75, 3.05) is 10.6 Å². The van der Waals surface area contributed by atoms with Crippen molar-refractivity contribution < 1.29 is 19.1 Å². The Morgan fingerprint density at radius 3 is 2.68 bits per heavy atom. The molecule has 0 spiro atoms. The van der Waals surface area contributed by atoms with Crippen LogP contribution in [0.4, 0.5) is 10.0 Å². The fourth-order valence-corrected chi connectivity index (χ4v) is 5.07. The van der Waals surface area contributed by atoms with Crippen LogP contribution in [-0.2, 0) is 27.2 Å². The Morgan fingerprint density at radius 1 is 1.21 bits per heavy atom. The van der Waals surface area contributed by atoms with E-state index in [9.17, 15) is 14.4 Å². The summed E-state index contributed by atoms with van der Waals surface area (Å²) < 4.78 is 5.39. The molecule has 1 aliphatic carbocycles. The fraction of sp³-hybridized carbons (Fsp3) is 0.368. The van der Waals surface area contributed by atoms with Crippen LogP contribution in [0.15, 0.2) is 11.4 Å². The lowest BCUT2D eigenvalue weighted by Crippen LogP contribution is -2.30. The van der Waals surface area contributed by atoms with Crippen LogP contribution in [0.3, 0.4) is 0 Å². The first-order valence-electron chi connectivity index (χ1n) is 8.82. The van der Waals surface area contributed by atoms with E-state index < -0.39 is 18.0 Å². The molecule has 0 bridgehead atoms. The number of nitrogens with one attached hydrogen (secondary N) is 2. The lowest BCUT2D eigenvalue weighted by Gasteiger charge is -2.16. The first-order chi connectivity index (χ1) is 13.4. The number of rotatable bonds is 5. The van der Waals surface area contributed by atoms with Gasteiger partial charge in [-0.05, 0) is 49.6 Å². The third-order valence-corrected chi connectivity index (χ3v) is 6.38. The second kappa shape index (κ2) is 8.54. The van der Waals surface area contributed by atoms with Crippen molar-refractivity contribution in [3.8, 4) is 6.07 Å². The molecular weight excluding hydrogens is 398 g/mol. The topological polar surface area (TPSA) is 108 Å². The van der Waals surface area contributed by atoms with E-state index in [4.69, 9.17) is 10.00 Å². The van der Waals surface area contributed by atoms with E-state index in [0.29, 0.717) is 21.1 Å². The van der Waals surface area contributed by atoms with Crippen LogP contribution in [0.5, 0.6) is 0 Å². The van der Waals surface area contributed by atoms with Crippen molar-refractivity contribution in [1.82, 2.24) is 0 Å². The van der Waals surface area contributed by atoms with Crippen LogP contribution in [0, 0.1) is 11.3 Å². The Bertz CT molecular complexity index is 970. The van der Waals surface area contributed by atoms with Gasteiger partial charge in [0, 0.05) is 11.8 Å². The predicted octanol–water partition coefficient (Wildman–Crippen LogP) is 3.70. The number of esters is 1. The number of amides is 2. The number of anilines is 2. The molecule has 2 amide bonds. The summed E-state index contributed by atoms with van der Waals surface area (Å²) in [5, 5.41) is 16.9. The predicted molar refractivity (Wildman–Crippen MR) is 108 cm³/mol. The lowest BCUT2D eigenvalue weighted by atomic mass is 9.95. The van der Waals surface area contributed by atoms with E-state index in [1.807, 2.05) is 6.07 Å². The van der Waals surface area contributed by atoms with Gasteiger partial charge in [0.15, 0.2) is 6.10 Å². The molecule has 9 heteroatoms.